The van der Waals surface area contributed by atoms with E-state index in [1.54, 1.807) is 49.4 Å². The second kappa shape index (κ2) is 7.49. The highest BCUT2D eigenvalue weighted by Crippen LogP contribution is 2.32. The van der Waals surface area contributed by atoms with E-state index >= 15 is 0 Å². The van der Waals surface area contributed by atoms with E-state index in [0.29, 0.717) is 22.0 Å². The SMILES string of the molecule is CC(=O)Nc1ccc(C(=O)[C@@H](C)Oc2cccc(Cl)c2Cl)cc1. The Morgan fingerprint density at radius 2 is 1.74 bits per heavy atom. The predicted molar refractivity (Wildman–Crippen MR) is 91.6 cm³/mol. The number of hydrogen-bond donors (Lipinski definition) is 1. The molecule has 6 heteroatoms. The fourth-order valence-electron chi connectivity index (χ4n) is 1.97. The summed E-state index contributed by atoms with van der Waals surface area (Å²) >= 11 is 12.0. The molecule has 0 fully saturated rings. The van der Waals surface area contributed by atoms with Gasteiger partial charge in [0.2, 0.25) is 11.7 Å². The first-order valence-corrected chi connectivity index (χ1v) is 7.66. The maximum Gasteiger partial charge on any atom is 0.221 e. The van der Waals surface area contributed by atoms with Gasteiger partial charge in [-0.25, -0.2) is 0 Å². The standard InChI is InChI=1S/C17H15Cl2NO3/c1-10(23-15-5-3-4-14(18)16(15)19)17(22)12-6-8-13(9-7-12)20-11(2)21/h3-10H,1-2H3,(H,20,21)/t10-/m1/s1. The number of ether oxygens (including phenoxy) is 1. The average Bonchev–Trinajstić information content (AvgIpc) is 2.51. The fraction of sp³-hybridized carbons (Fsp3) is 0.176. The number of ketones is 1. The van der Waals surface area contributed by atoms with E-state index in [0.717, 1.165) is 0 Å². The third-order valence-corrected chi connectivity index (χ3v) is 3.88. The molecular weight excluding hydrogens is 337 g/mol. The number of carbonyl (C=O) groups excluding carboxylic acids is 2. The molecule has 0 spiro atoms. The van der Waals surface area contributed by atoms with Gasteiger partial charge in [0.05, 0.1) is 5.02 Å². The van der Waals surface area contributed by atoms with Crippen molar-refractivity contribution in [3.63, 3.8) is 0 Å². The number of amides is 1. The van der Waals surface area contributed by atoms with Crippen LogP contribution in [0, 0.1) is 0 Å². The minimum Gasteiger partial charge on any atom is -0.481 e. The van der Waals surface area contributed by atoms with Gasteiger partial charge in [-0.2, -0.15) is 0 Å². The molecule has 1 N–H and O–H groups in total. The van der Waals surface area contributed by atoms with Crippen molar-refractivity contribution < 1.29 is 14.3 Å². The molecule has 23 heavy (non-hydrogen) atoms. The number of rotatable bonds is 5. The predicted octanol–water partition coefficient (Wildman–Crippen LogP) is 4.60. The van der Waals surface area contributed by atoms with E-state index in [9.17, 15) is 9.59 Å². The molecule has 0 heterocycles. The van der Waals surface area contributed by atoms with E-state index in [1.165, 1.54) is 6.92 Å². The first kappa shape index (κ1) is 17.3. The maximum absolute atomic E-state index is 12.4. The van der Waals surface area contributed by atoms with Gasteiger partial charge in [-0.05, 0) is 43.3 Å². The van der Waals surface area contributed by atoms with Crippen molar-refractivity contribution in [1.29, 1.82) is 0 Å². The zero-order chi connectivity index (χ0) is 17.0. The molecule has 0 aromatic heterocycles. The second-order valence-electron chi connectivity index (χ2n) is 4.93. The molecular formula is C17H15Cl2NO3. The lowest BCUT2D eigenvalue weighted by atomic mass is 10.1. The largest absolute Gasteiger partial charge is 0.481 e. The van der Waals surface area contributed by atoms with Crippen molar-refractivity contribution in [2.24, 2.45) is 0 Å². The van der Waals surface area contributed by atoms with Crippen LogP contribution in [-0.2, 0) is 4.79 Å². The van der Waals surface area contributed by atoms with E-state index in [1.807, 2.05) is 0 Å². The summed E-state index contributed by atoms with van der Waals surface area (Å²) in [5.41, 5.74) is 1.10. The third kappa shape index (κ3) is 4.47. The summed E-state index contributed by atoms with van der Waals surface area (Å²) in [6.45, 7) is 3.06. The van der Waals surface area contributed by atoms with Crippen LogP contribution in [0.2, 0.25) is 10.0 Å². The highest BCUT2D eigenvalue weighted by atomic mass is 35.5. The normalized spacial score (nSPS) is 11.7. The van der Waals surface area contributed by atoms with E-state index in [4.69, 9.17) is 27.9 Å². The van der Waals surface area contributed by atoms with Crippen molar-refractivity contribution in [3.8, 4) is 5.75 Å². The summed E-state index contributed by atoms with van der Waals surface area (Å²) in [5, 5.41) is 3.28. The van der Waals surface area contributed by atoms with Gasteiger partial charge >= 0.3 is 0 Å². The number of hydrogen-bond acceptors (Lipinski definition) is 3. The van der Waals surface area contributed by atoms with Crippen molar-refractivity contribution in [2.75, 3.05) is 5.32 Å². The molecule has 2 aromatic carbocycles. The van der Waals surface area contributed by atoms with Crippen LogP contribution in [0.25, 0.3) is 0 Å². The molecule has 0 aliphatic rings. The highest BCUT2D eigenvalue weighted by molar-refractivity contribution is 6.42. The first-order valence-electron chi connectivity index (χ1n) is 6.91. The smallest absolute Gasteiger partial charge is 0.221 e. The maximum atomic E-state index is 12.4. The summed E-state index contributed by atoms with van der Waals surface area (Å²) < 4.78 is 5.60. The summed E-state index contributed by atoms with van der Waals surface area (Å²) in [6, 6.07) is 11.6. The van der Waals surface area contributed by atoms with Crippen LogP contribution >= 0.6 is 23.2 Å². The number of benzene rings is 2. The minimum atomic E-state index is -0.724. The molecule has 1 amide bonds. The lowest BCUT2D eigenvalue weighted by molar-refractivity contribution is -0.114. The number of carbonyl (C=O) groups is 2. The molecule has 1 atom stereocenters. The Labute approximate surface area is 144 Å². The Morgan fingerprint density at radius 3 is 2.35 bits per heavy atom. The van der Waals surface area contributed by atoms with Crippen LogP contribution in [-0.4, -0.2) is 17.8 Å². The van der Waals surface area contributed by atoms with Crippen LogP contribution in [0.15, 0.2) is 42.5 Å². The van der Waals surface area contributed by atoms with E-state index in [-0.39, 0.29) is 16.7 Å². The van der Waals surface area contributed by atoms with Crippen LogP contribution in [0.1, 0.15) is 24.2 Å². The Morgan fingerprint density at radius 1 is 1.09 bits per heavy atom. The zero-order valence-corrected chi connectivity index (χ0v) is 14.1. The van der Waals surface area contributed by atoms with E-state index < -0.39 is 6.10 Å². The van der Waals surface area contributed by atoms with Gasteiger partial charge in [-0.15, -0.1) is 0 Å². The van der Waals surface area contributed by atoms with E-state index in [2.05, 4.69) is 5.32 Å². The topological polar surface area (TPSA) is 55.4 Å². The lowest BCUT2D eigenvalue weighted by Crippen LogP contribution is -2.24. The van der Waals surface area contributed by atoms with Gasteiger partial charge in [0.15, 0.2) is 6.10 Å². The molecule has 0 saturated heterocycles. The fourth-order valence-corrected chi connectivity index (χ4v) is 2.31. The molecule has 4 nitrogen and oxygen atoms in total. The molecule has 0 radical (unpaired) electrons. The molecule has 120 valence electrons. The van der Waals surface area contributed by atoms with Gasteiger partial charge < -0.3 is 10.1 Å². The zero-order valence-electron chi connectivity index (χ0n) is 12.6. The van der Waals surface area contributed by atoms with Crippen LogP contribution < -0.4 is 10.1 Å². The summed E-state index contributed by atoms with van der Waals surface area (Å²) in [6.07, 6.45) is -0.724. The lowest BCUT2D eigenvalue weighted by Gasteiger charge is -2.15. The first-order chi connectivity index (χ1) is 10.9. The number of anilines is 1. The molecule has 0 aliphatic heterocycles. The van der Waals surface area contributed by atoms with Crippen molar-refractivity contribution in [3.05, 3.63) is 58.1 Å². The van der Waals surface area contributed by atoms with Crippen molar-refractivity contribution in [1.82, 2.24) is 0 Å². The molecule has 0 saturated carbocycles. The van der Waals surface area contributed by atoms with Crippen LogP contribution in [0.4, 0.5) is 5.69 Å². The van der Waals surface area contributed by atoms with Crippen LogP contribution in [0.5, 0.6) is 5.75 Å². The molecule has 2 aromatic rings. The van der Waals surface area contributed by atoms with Gasteiger partial charge in [-0.1, -0.05) is 29.3 Å². The van der Waals surface area contributed by atoms with Crippen molar-refractivity contribution in [2.45, 2.75) is 20.0 Å². The van der Waals surface area contributed by atoms with Crippen molar-refractivity contribution >= 4 is 40.6 Å². The molecule has 0 aliphatic carbocycles. The van der Waals surface area contributed by atoms with Gasteiger partial charge in [-0.3, -0.25) is 9.59 Å². The Hall–Kier alpha value is -2.04. The second-order valence-corrected chi connectivity index (χ2v) is 5.72. The molecule has 0 bridgehead atoms. The number of halogens is 2. The van der Waals surface area contributed by atoms with Gasteiger partial charge in [0.1, 0.15) is 10.8 Å². The quantitative estimate of drug-likeness (QED) is 0.800. The Bertz CT molecular complexity index is 729. The number of nitrogens with one attached hydrogen (secondary N) is 1. The highest BCUT2D eigenvalue weighted by Gasteiger charge is 2.18. The van der Waals surface area contributed by atoms with Gasteiger partial charge in [0, 0.05) is 18.2 Å². The van der Waals surface area contributed by atoms with Gasteiger partial charge in [0.25, 0.3) is 0 Å². The molecule has 2 rings (SSSR count). The Balaban J connectivity index is 2.10. The monoisotopic (exact) mass is 351 g/mol. The Kier molecular flexibility index (Phi) is 5.64. The average molecular weight is 352 g/mol. The summed E-state index contributed by atoms with van der Waals surface area (Å²) in [5.74, 6) is -0.0123. The number of Topliss-reactive ketones (excluding diaryl/α,β-unsaturated/α-hetero) is 1. The summed E-state index contributed by atoms with van der Waals surface area (Å²) in [7, 11) is 0. The van der Waals surface area contributed by atoms with Crippen LogP contribution in [0.3, 0.4) is 0 Å². The molecule has 0 unspecified atom stereocenters. The third-order valence-electron chi connectivity index (χ3n) is 3.08. The summed E-state index contributed by atoms with van der Waals surface area (Å²) in [4.78, 5) is 23.4. The minimum absolute atomic E-state index is 0.170.